The Morgan fingerprint density at radius 3 is 2.54 bits per heavy atom. The molecule has 2 heterocycles. The van der Waals surface area contributed by atoms with E-state index in [0.29, 0.717) is 33.9 Å². The Balaban J connectivity index is 1.46. The first-order valence-electron chi connectivity index (χ1n) is 7.84. The van der Waals surface area contributed by atoms with Gasteiger partial charge in [-0.25, -0.2) is 9.97 Å². The number of benzene rings is 2. The summed E-state index contributed by atoms with van der Waals surface area (Å²) in [4.78, 5) is 8.43. The van der Waals surface area contributed by atoms with Gasteiger partial charge < -0.3 is 20.1 Å². The monoisotopic (exact) mass is 388 g/mol. The van der Waals surface area contributed by atoms with Crippen LogP contribution in [0.1, 0.15) is 5.56 Å². The van der Waals surface area contributed by atoms with Crippen LogP contribution >= 0.6 is 23.2 Å². The number of hydrogen-bond acceptors (Lipinski definition) is 6. The zero-order chi connectivity index (χ0) is 17.9. The molecule has 0 saturated heterocycles. The highest BCUT2D eigenvalue weighted by molar-refractivity contribution is 6.39. The van der Waals surface area contributed by atoms with Gasteiger partial charge >= 0.3 is 0 Å². The van der Waals surface area contributed by atoms with E-state index in [1.807, 2.05) is 18.2 Å². The normalized spacial score (nSPS) is 12.1. The zero-order valence-electron chi connectivity index (χ0n) is 13.5. The first-order chi connectivity index (χ1) is 12.7. The summed E-state index contributed by atoms with van der Waals surface area (Å²) in [6, 6.07) is 12.9. The SMILES string of the molecule is Clc1cccc(Cl)c1Nc1cc(NCc2ccc3c(c2)OCO3)ncn1. The van der Waals surface area contributed by atoms with Crippen molar-refractivity contribution in [3.05, 3.63) is 64.4 Å². The minimum Gasteiger partial charge on any atom is -0.454 e. The van der Waals surface area contributed by atoms with Crippen LogP contribution in [0.2, 0.25) is 10.0 Å². The number of rotatable bonds is 5. The lowest BCUT2D eigenvalue weighted by molar-refractivity contribution is 0.174. The molecule has 1 aromatic heterocycles. The Labute approximate surface area is 160 Å². The number of fused-ring (bicyclic) bond motifs is 1. The second-order valence-electron chi connectivity index (χ2n) is 5.55. The van der Waals surface area contributed by atoms with Crippen LogP contribution in [0.15, 0.2) is 48.8 Å². The molecule has 0 bridgehead atoms. The fourth-order valence-electron chi connectivity index (χ4n) is 2.51. The molecule has 0 spiro atoms. The van der Waals surface area contributed by atoms with Crippen molar-refractivity contribution in [2.45, 2.75) is 6.54 Å². The molecular weight excluding hydrogens is 375 g/mol. The van der Waals surface area contributed by atoms with Crippen molar-refractivity contribution in [1.82, 2.24) is 9.97 Å². The Morgan fingerprint density at radius 1 is 0.923 bits per heavy atom. The van der Waals surface area contributed by atoms with Gasteiger partial charge in [-0.15, -0.1) is 0 Å². The molecule has 2 N–H and O–H groups in total. The second kappa shape index (κ2) is 7.27. The van der Waals surface area contributed by atoms with Crippen LogP contribution < -0.4 is 20.1 Å². The van der Waals surface area contributed by atoms with Crippen molar-refractivity contribution in [3.63, 3.8) is 0 Å². The van der Waals surface area contributed by atoms with E-state index in [4.69, 9.17) is 32.7 Å². The molecule has 4 rings (SSSR count). The standard InChI is InChI=1S/C18H14Cl2N4O2/c19-12-2-1-3-13(20)18(12)24-17-7-16(22-9-23-17)21-8-11-4-5-14-15(6-11)26-10-25-14/h1-7,9H,8,10H2,(H2,21,22,23,24). The van der Waals surface area contributed by atoms with Gasteiger partial charge in [-0.05, 0) is 29.8 Å². The van der Waals surface area contributed by atoms with Crippen LogP contribution in [0.4, 0.5) is 17.3 Å². The third kappa shape index (κ3) is 3.61. The minimum absolute atomic E-state index is 0.262. The maximum absolute atomic E-state index is 6.18. The largest absolute Gasteiger partial charge is 0.454 e. The maximum atomic E-state index is 6.18. The van der Waals surface area contributed by atoms with Crippen LogP contribution in [0.3, 0.4) is 0 Å². The van der Waals surface area contributed by atoms with Crippen LogP contribution in [-0.2, 0) is 6.54 Å². The van der Waals surface area contributed by atoms with Gasteiger partial charge in [0.05, 0.1) is 15.7 Å². The van der Waals surface area contributed by atoms with Crippen molar-refractivity contribution in [1.29, 1.82) is 0 Å². The smallest absolute Gasteiger partial charge is 0.231 e. The zero-order valence-corrected chi connectivity index (χ0v) is 15.0. The highest BCUT2D eigenvalue weighted by atomic mass is 35.5. The third-order valence-corrected chi connectivity index (χ3v) is 4.42. The molecule has 132 valence electrons. The Kier molecular flexibility index (Phi) is 4.69. The molecule has 0 saturated carbocycles. The number of halogens is 2. The summed E-state index contributed by atoms with van der Waals surface area (Å²) in [5, 5.41) is 7.41. The minimum atomic E-state index is 0.262. The lowest BCUT2D eigenvalue weighted by atomic mass is 10.2. The Bertz CT molecular complexity index is 932. The van der Waals surface area contributed by atoms with Crippen LogP contribution in [0, 0.1) is 0 Å². The molecule has 3 aromatic rings. The van der Waals surface area contributed by atoms with Gasteiger partial charge in [-0.1, -0.05) is 35.3 Å². The van der Waals surface area contributed by atoms with Gasteiger partial charge in [0.15, 0.2) is 11.5 Å². The van der Waals surface area contributed by atoms with Crippen LogP contribution in [0.5, 0.6) is 11.5 Å². The summed E-state index contributed by atoms with van der Waals surface area (Å²) in [6.45, 7) is 0.845. The van der Waals surface area contributed by atoms with Crippen molar-refractivity contribution in [3.8, 4) is 11.5 Å². The van der Waals surface area contributed by atoms with E-state index in [9.17, 15) is 0 Å². The molecular formula is C18H14Cl2N4O2. The molecule has 0 radical (unpaired) electrons. The highest BCUT2D eigenvalue weighted by Crippen LogP contribution is 2.33. The van der Waals surface area contributed by atoms with Crippen LogP contribution in [-0.4, -0.2) is 16.8 Å². The Morgan fingerprint density at radius 2 is 1.69 bits per heavy atom. The van der Waals surface area contributed by atoms with Crippen molar-refractivity contribution in [2.24, 2.45) is 0 Å². The van der Waals surface area contributed by atoms with E-state index in [2.05, 4.69) is 20.6 Å². The molecule has 26 heavy (non-hydrogen) atoms. The average molecular weight is 389 g/mol. The molecule has 0 unspecified atom stereocenters. The second-order valence-corrected chi connectivity index (χ2v) is 6.37. The fraction of sp³-hybridized carbons (Fsp3) is 0.111. The van der Waals surface area contributed by atoms with E-state index in [1.54, 1.807) is 24.3 Å². The molecule has 1 aliphatic rings. The predicted molar refractivity (Wildman–Crippen MR) is 102 cm³/mol. The lowest BCUT2D eigenvalue weighted by Gasteiger charge is -2.11. The average Bonchev–Trinajstić information content (AvgIpc) is 3.11. The van der Waals surface area contributed by atoms with Gasteiger partial charge in [-0.2, -0.15) is 0 Å². The van der Waals surface area contributed by atoms with E-state index < -0.39 is 0 Å². The molecule has 6 nitrogen and oxygen atoms in total. The van der Waals surface area contributed by atoms with E-state index in [0.717, 1.165) is 17.1 Å². The van der Waals surface area contributed by atoms with Crippen molar-refractivity contribution < 1.29 is 9.47 Å². The Hall–Kier alpha value is -2.70. The number of hydrogen-bond donors (Lipinski definition) is 2. The quantitative estimate of drug-likeness (QED) is 0.649. The molecule has 0 aliphatic carbocycles. The number of nitrogens with one attached hydrogen (secondary N) is 2. The summed E-state index contributed by atoms with van der Waals surface area (Å²) in [5.74, 6) is 2.77. The molecule has 0 atom stereocenters. The molecule has 0 amide bonds. The van der Waals surface area contributed by atoms with E-state index in [1.165, 1.54) is 6.33 Å². The summed E-state index contributed by atoms with van der Waals surface area (Å²) < 4.78 is 10.7. The molecule has 0 fully saturated rings. The summed E-state index contributed by atoms with van der Waals surface area (Å²) >= 11 is 12.4. The van der Waals surface area contributed by atoms with Gasteiger partial charge in [0.25, 0.3) is 0 Å². The number of ether oxygens (including phenoxy) is 2. The lowest BCUT2D eigenvalue weighted by Crippen LogP contribution is -2.03. The molecule has 2 aromatic carbocycles. The number of para-hydroxylation sites is 1. The van der Waals surface area contributed by atoms with Gasteiger partial charge in [0, 0.05) is 12.6 Å². The van der Waals surface area contributed by atoms with Gasteiger partial charge in [0.1, 0.15) is 18.0 Å². The molecule has 1 aliphatic heterocycles. The summed E-state index contributed by atoms with van der Waals surface area (Å²) in [6.07, 6.45) is 1.47. The number of anilines is 3. The topological polar surface area (TPSA) is 68.3 Å². The number of aromatic nitrogens is 2. The van der Waals surface area contributed by atoms with Crippen molar-refractivity contribution >= 4 is 40.5 Å². The first kappa shape index (κ1) is 16.8. The highest BCUT2D eigenvalue weighted by Gasteiger charge is 2.13. The van der Waals surface area contributed by atoms with Gasteiger partial charge in [-0.3, -0.25) is 0 Å². The van der Waals surface area contributed by atoms with Crippen LogP contribution in [0.25, 0.3) is 0 Å². The predicted octanol–water partition coefficient (Wildman–Crippen LogP) is 4.87. The fourth-order valence-corrected chi connectivity index (χ4v) is 3.00. The third-order valence-electron chi connectivity index (χ3n) is 3.79. The van der Waals surface area contributed by atoms with Gasteiger partial charge in [0.2, 0.25) is 6.79 Å². The van der Waals surface area contributed by atoms with E-state index in [-0.39, 0.29) is 6.79 Å². The first-order valence-corrected chi connectivity index (χ1v) is 8.60. The summed E-state index contributed by atoms with van der Waals surface area (Å²) in [7, 11) is 0. The maximum Gasteiger partial charge on any atom is 0.231 e. The van der Waals surface area contributed by atoms with Crippen molar-refractivity contribution in [2.75, 3.05) is 17.4 Å². The molecule has 8 heteroatoms. The van der Waals surface area contributed by atoms with E-state index >= 15 is 0 Å². The summed E-state index contributed by atoms with van der Waals surface area (Å²) in [5.41, 5.74) is 1.66. The number of nitrogens with zero attached hydrogens (tertiary/aromatic N) is 2.